The molecule has 0 saturated heterocycles. The maximum absolute atomic E-state index is 5.74. The summed E-state index contributed by atoms with van der Waals surface area (Å²) in [6.45, 7) is 9.89. The fraction of sp³-hybridized carbons (Fsp3) is 0.417. The summed E-state index contributed by atoms with van der Waals surface area (Å²) in [6, 6.07) is 0. The zero-order chi connectivity index (χ0) is 11.5. The Kier molecular flexibility index (Phi) is 3.22. The van der Waals surface area contributed by atoms with Crippen molar-refractivity contribution in [2.75, 3.05) is 20.2 Å². The number of likely N-dealkylation sites (N-methyl/N-ethyl adjacent to an activating group) is 1. The first kappa shape index (κ1) is 11.1. The van der Waals surface area contributed by atoms with Crippen LogP contribution in [0.4, 0.5) is 0 Å². The van der Waals surface area contributed by atoms with E-state index in [0.717, 1.165) is 30.0 Å². The molecule has 1 N–H and O–H groups in total. The molecule has 1 aromatic rings. The monoisotopic (exact) mass is 219 g/mol. The molecule has 0 bridgehead atoms. The molecule has 0 amide bonds. The van der Waals surface area contributed by atoms with Gasteiger partial charge in [-0.2, -0.15) is 5.10 Å². The average Bonchev–Trinajstić information content (AvgIpc) is 2.68. The molecule has 4 nitrogen and oxygen atoms in total. The lowest BCUT2D eigenvalue weighted by molar-refractivity contribution is 0.0182. The molecule has 2 rings (SSSR count). The highest BCUT2D eigenvalue weighted by Crippen LogP contribution is 2.28. The van der Waals surface area contributed by atoms with Crippen LogP contribution in [-0.2, 0) is 11.3 Å². The summed E-state index contributed by atoms with van der Waals surface area (Å²) < 4.78 is 7.74. The Morgan fingerprint density at radius 2 is 2.38 bits per heavy atom. The van der Waals surface area contributed by atoms with Crippen molar-refractivity contribution in [1.82, 2.24) is 15.1 Å². The van der Waals surface area contributed by atoms with Gasteiger partial charge in [0.05, 0.1) is 24.5 Å². The van der Waals surface area contributed by atoms with Crippen LogP contribution in [0.1, 0.15) is 23.1 Å². The van der Waals surface area contributed by atoms with Crippen molar-refractivity contribution >= 4 is 12.2 Å². The maximum Gasteiger partial charge on any atom is 0.112 e. The van der Waals surface area contributed by atoms with Crippen LogP contribution in [0.25, 0.3) is 12.2 Å². The summed E-state index contributed by atoms with van der Waals surface area (Å²) in [5.41, 5.74) is 3.03. The van der Waals surface area contributed by atoms with Gasteiger partial charge in [0.15, 0.2) is 0 Å². The molecule has 0 saturated carbocycles. The van der Waals surface area contributed by atoms with E-state index in [2.05, 4.69) is 23.6 Å². The SMILES string of the molecule is C=Cc1nn2c(c1C=C)C(CNC)OCC2. The smallest absolute Gasteiger partial charge is 0.112 e. The van der Waals surface area contributed by atoms with Crippen molar-refractivity contribution in [3.8, 4) is 0 Å². The van der Waals surface area contributed by atoms with E-state index in [1.807, 2.05) is 17.8 Å². The largest absolute Gasteiger partial charge is 0.369 e. The molecular weight excluding hydrogens is 202 g/mol. The molecule has 1 aliphatic rings. The van der Waals surface area contributed by atoms with Gasteiger partial charge in [-0.05, 0) is 13.1 Å². The lowest BCUT2D eigenvalue weighted by atomic mass is 10.1. The fourth-order valence-corrected chi connectivity index (χ4v) is 2.08. The number of nitrogens with one attached hydrogen (secondary N) is 1. The molecule has 1 unspecified atom stereocenters. The van der Waals surface area contributed by atoms with Crippen LogP contribution in [0.3, 0.4) is 0 Å². The molecule has 16 heavy (non-hydrogen) atoms. The van der Waals surface area contributed by atoms with E-state index in [1.165, 1.54) is 0 Å². The predicted molar refractivity (Wildman–Crippen MR) is 65.0 cm³/mol. The van der Waals surface area contributed by atoms with Crippen molar-refractivity contribution in [2.45, 2.75) is 12.6 Å². The second kappa shape index (κ2) is 4.63. The Balaban J connectivity index is 2.48. The minimum atomic E-state index is 0.0490. The Labute approximate surface area is 95.6 Å². The van der Waals surface area contributed by atoms with Gasteiger partial charge in [0, 0.05) is 12.1 Å². The van der Waals surface area contributed by atoms with Gasteiger partial charge < -0.3 is 10.1 Å². The van der Waals surface area contributed by atoms with Crippen molar-refractivity contribution in [1.29, 1.82) is 0 Å². The first-order chi connectivity index (χ1) is 7.81. The van der Waals surface area contributed by atoms with E-state index in [1.54, 1.807) is 6.08 Å². The van der Waals surface area contributed by atoms with E-state index in [-0.39, 0.29) is 6.10 Å². The van der Waals surface area contributed by atoms with E-state index in [0.29, 0.717) is 6.61 Å². The van der Waals surface area contributed by atoms with Crippen molar-refractivity contribution in [3.63, 3.8) is 0 Å². The molecule has 1 atom stereocenters. The zero-order valence-corrected chi connectivity index (χ0v) is 9.57. The number of ether oxygens (including phenoxy) is 1. The highest BCUT2D eigenvalue weighted by molar-refractivity contribution is 5.63. The molecule has 0 aliphatic carbocycles. The predicted octanol–water partition coefficient (Wildman–Crippen LogP) is 1.46. The zero-order valence-electron chi connectivity index (χ0n) is 9.57. The van der Waals surface area contributed by atoms with Gasteiger partial charge in [0.2, 0.25) is 0 Å². The normalized spacial score (nSPS) is 19.2. The van der Waals surface area contributed by atoms with Crippen LogP contribution in [0.15, 0.2) is 13.2 Å². The minimum Gasteiger partial charge on any atom is -0.369 e. The van der Waals surface area contributed by atoms with Gasteiger partial charge in [-0.1, -0.05) is 19.2 Å². The Hall–Kier alpha value is -1.39. The summed E-state index contributed by atoms with van der Waals surface area (Å²) in [7, 11) is 1.92. The molecule has 1 aromatic heterocycles. The molecule has 86 valence electrons. The molecule has 0 fully saturated rings. The number of hydrogen-bond donors (Lipinski definition) is 1. The number of rotatable bonds is 4. The lowest BCUT2D eigenvalue weighted by Crippen LogP contribution is -2.29. The van der Waals surface area contributed by atoms with Gasteiger partial charge in [-0.25, -0.2) is 0 Å². The summed E-state index contributed by atoms with van der Waals surface area (Å²) in [6.07, 6.45) is 3.64. The second-order valence-electron chi connectivity index (χ2n) is 3.73. The van der Waals surface area contributed by atoms with Crippen LogP contribution in [0, 0.1) is 0 Å². The van der Waals surface area contributed by atoms with Crippen molar-refractivity contribution < 1.29 is 4.74 Å². The summed E-state index contributed by atoms with van der Waals surface area (Å²) in [5, 5.41) is 7.62. The van der Waals surface area contributed by atoms with Gasteiger partial charge in [0.1, 0.15) is 6.10 Å². The highest BCUT2D eigenvalue weighted by Gasteiger charge is 2.26. The molecule has 0 spiro atoms. The molecule has 0 radical (unpaired) electrons. The Bertz CT molecular complexity index is 409. The van der Waals surface area contributed by atoms with Crippen molar-refractivity contribution in [3.05, 3.63) is 30.1 Å². The Morgan fingerprint density at radius 3 is 3.00 bits per heavy atom. The van der Waals surface area contributed by atoms with Crippen molar-refractivity contribution in [2.24, 2.45) is 0 Å². The van der Waals surface area contributed by atoms with Gasteiger partial charge in [0.25, 0.3) is 0 Å². The van der Waals surface area contributed by atoms with Crippen LogP contribution in [0.2, 0.25) is 0 Å². The number of hydrogen-bond acceptors (Lipinski definition) is 3. The first-order valence-electron chi connectivity index (χ1n) is 5.43. The summed E-state index contributed by atoms with van der Waals surface area (Å²) in [4.78, 5) is 0. The van der Waals surface area contributed by atoms with Crippen LogP contribution in [0.5, 0.6) is 0 Å². The first-order valence-corrected chi connectivity index (χ1v) is 5.43. The Morgan fingerprint density at radius 1 is 1.56 bits per heavy atom. The average molecular weight is 219 g/mol. The van der Waals surface area contributed by atoms with E-state index >= 15 is 0 Å². The third kappa shape index (κ3) is 1.70. The molecular formula is C12H17N3O. The van der Waals surface area contributed by atoms with Gasteiger partial charge in [-0.3, -0.25) is 4.68 Å². The van der Waals surface area contributed by atoms with E-state index < -0.39 is 0 Å². The van der Waals surface area contributed by atoms with Crippen LogP contribution >= 0.6 is 0 Å². The molecule has 2 heterocycles. The van der Waals surface area contributed by atoms with Gasteiger partial charge in [-0.15, -0.1) is 0 Å². The fourth-order valence-electron chi connectivity index (χ4n) is 2.08. The standard InChI is InChI=1S/C12H17N3O/c1-4-9-10(5-2)14-15-6-7-16-11(8-13-3)12(9)15/h4-5,11,13H,1-2,6-8H2,3H3. The lowest BCUT2D eigenvalue weighted by Gasteiger charge is -2.24. The third-order valence-corrected chi connectivity index (χ3v) is 2.77. The highest BCUT2D eigenvalue weighted by atomic mass is 16.5. The third-order valence-electron chi connectivity index (χ3n) is 2.77. The molecule has 1 aliphatic heterocycles. The molecule has 4 heteroatoms. The number of aromatic nitrogens is 2. The van der Waals surface area contributed by atoms with Gasteiger partial charge >= 0.3 is 0 Å². The summed E-state index contributed by atoms with van der Waals surface area (Å²) >= 11 is 0. The molecule has 0 aromatic carbocycles. The second-order valence-corrected chi connectivity index (χ2v) is 3.73. The van der Waals surface area contributed by atoms with E-state index in [4.69, 9.17) is 4.74 Å². The minimum absolute atomic E-state index is 0.0490. The topological polar surface area (TPSA) is 39.1 Å². The summed E-state index contributed by atoms with van der Waals surface area (Å²) in [5.74, 6) is 0. The van der Waals surface area contributed by atoms with E-state index in [9.17, 15) is 0 Å². The quantitative estimate of drug-likeness (QED) is 0.833. The maximum atomic E-state index is 5.74. The van der Waals surface area contributed by atoms with Crippen LogP contribution < -0.4 is 5.32 Å². The number of fused-ring (bicyclic) bond motifs is 1. The van der Waals surface area contributed by atoms with Crippen LogP contribution in [-0.4, -0.2) is 30.0 Å². The number of nitrogens with zero attached hydrogens (tertiary/aromatic N) is 2.